The Morgan fingerprint density at radius 3 is 2.10 bits per heavy atom. The molecular formula is C18H30O3. The van der Waals surface area contributed by atoms with Crippen LogP contribution in [0.15, 0.2) is 36.5 Å². The normalized spacial score (nSPS) is 11.9. The standard InChI is InChI=1S/C18H30O3/c1-2-3-4-5-6-7-8-9-10-11-12-13-14-15-16-17-18(19)21-20/h3-4,6-7,9-10,20H,2,5,8,11-17H2,1H3/b4-3-,7-6-,10-9-. The molecule has 3 heteroatoms. The van der Waals surface area contributed by atoms with Crippen LogP contribution in [0.5, 0.6) is 0 Å². The average Bonchev–Trinajstić information content (AvgIpc) is 2.50. The predicted octanol–water partition coefficient (Wildman–Crippen LogP) is 5.59. The fraction of sp³-hybridized carbons (Fsp3) is 0.611. The van der Waals surface area contributed by atoms with Crippen molar-refractivity contribution in [2.24, 2.45) is 0 Å². The summed E-state index contributed by atoms with van der Waals surface area (Å²) in [6.45, 7) is 2.14. The van der Waals surface area contributed by atoms with E-state index in [0.717, 1.165) is 44.9 Å². The first-order valence-corrected chi connectivity index (χ1v) is 8.10. The van der Waals surface area contributed by atoms with Gasteiger partial charge in [0, 0.05) is 6.42 Å². The number of carbonyl (C=O) groups excluding carboxylic acids is 1. The first kappa shape index (κ1) is 19.7. The minimum atomic E-state index is -0.531. The quantitative estimate of drug-likeness (QED) is 0.208. The molecule has 0 spiro atoms. The molecule has 0 radical (unpaired) electrons. The van der Waals surface area contributed by atoms with Crippen molar-refractivity contribution < 1.29 is 14.9 Å². The molecule has 0 aromatic rings. The van der Waals surface area contributed by atoms with E-state index < -0.39 is 5.97 Å². The molecule has 0 aliphatic heterocycles. The minimum absolute atomic E-state index is 0.316. The van der Waals surface area contributed by atoms with Gasteiger partial charge in [0.25, 0.3) is 0 Å². The van der Waals surface area contributed by atoms with E-state index in [4.69, 9.17) is 5.26 Å². The maximum atomic E-state index is 10.7. The van der Waals surface area contributed by atoms with Crippen LogP contribution in [0.3, 0.4) is 0 Å². The molecule has 0 saturated heterocycles. The third-order valence-electron chi connectivity index (χ3n) is 3.13. The molecule has 0 unspecified atom stereocenters. The highest BCUT2D eigenvalue weighted by molar-refractivity contribution is 5.68. The molecule has 0 aliphatic carbocycles. The Morgan fingerprint density at radius 2 is 1.43 bits per heavy atom. The Balaban J connectivity index is 3.25. The molecule has 0 bridgehead atoms. The lowest BCUT2D eigenvalue weighted by Gasteiger charge is -1.98. The fourth-order valence-corrected chi connectivity index (χ4v) is 1.93. The average molecular weight is 294 g/mol. The van der Waals surface area contributed by atoms with Gasteiger partial charge in [-0.25, -0.2) is 4.79 Å². The summed E-state index contributed by atoms with van der Waals surface area (Å²) in [6.07, 6.45) is 23.2. The lowest BCUT2D eigenvalue weighted by Crippen LogP contribution is -1.99. The van der Waals surface area contributed by atoms with Crippen molar-refractivity contribution in [2.75, 3.05) is 0 Å². The van der Waals surface area contributed by atoms with Gasteiger partial charge in [-0.1, -0.05) is 62.6 Å². The Hall–Kier alpha value is -1.35. The Kier molecular flexibility index (Phi) is 15.6. The first-order chi connectivity index (χ1) is 10.3. The molecule has 0 saturated carbocycles. The maximum Gasteiger partial charge on any atom is 0.342 e. The van der Waals surface area contributed by atoms with Crippen LogP contribution in [0, 0.1) is 0 Å². The Morgan fingerprint density at radius 1 is 0.857 bits per heavy atom. The maximum absolute atomic E-state index is 10.7. The van der Waals surface area contributed by atoms with Crippen molar-refractivity contribution >= 4 is 5.97 Å². The SMILES string of the molecule is CC/C=C\C/C=C\C/C=C\CCCCCCCC(=O)OO. The van der Waals surface area contributed by atoms with Crippen LogP contribution >= 0.6 is 0 Å². The number of hydrogen-bond donors (Lipinski definition) is 1. The van der Waals surface area contributed by atoms with Gasteiger partial charge in [-0.15, -0.1) is 0 Å². The number of allylic oxidation sites excluding steroid dienone is 6. The molecule has 1 N–H and O–H groups in total. The Labute approximate surface area is 129 Å². The van der Waals surface area contributed by atoms with Gasteiger partial charge in [0.15, 0.2) is 0 Å². The van der Waals surface area contributed by atoms with E-state index in [-0.39, 0.29) is 0 Å². The summed E-state index contributed by atoms with van der Waals surface area (Å²) in [5.74, 6) is -0.531. The fourth-order valence-electron chi connectivity index (χ4n) is 1.93. The van der Waals surface area contributed by atoms with Crippen molar-refractivity contribution in [3.8, 4) is 0 Å². The zero-order valence-corrected chi connectivity index (χ0v) is 13.3. The topological polar surface area (TPSA) is 46.5 Å². The van der Waals surface area contributed by atoms with E-state index in [1.807, 2.05) is 0 Å². The second kappa shape index (κ2) is 16.7. The molecule has 0 aromatic carbocycles. The lowest BCUT2D eigenvalue weighted by atomic mass is 10.1. The molecule has 0 aromatic heterocycles. The summed E-state index contributed by atoms with van der Waals surface area (Å²) in [4.78, 5) is 14.3. The Bertz CT molecular complexity index is 316. The van der Waals surface area contributed by atoms with Gasteiger partial charge in [0.2, 0.25) is 0 Å². The van der Waals surface area contributed by atoms with Crippen LogP contribution in [0.4, 0.5) is 0 Å². The molecule has 120 valence electrons. The van der Waals surface area contributed by atoms with E-state index in [9.17, 15) is 4.79 Å². The summed E-state index contributed by atoms with van der Waals surface area (Å²) in [5, 5.41) is 8.08. The number of hydrogen-bond acceptors (Lipinski definition) is 3. The van der Waals surface area contributed by atoms with Crippen molar-refractivity contribution in [3.05, 3.63) is 36.5 Å². The summed E-state index contributed by atoms with van der Waals surface area (Å²) >= 11 is 0. The van der Waals surface area contributed by atoms with Crippen LogP contribution in [0.2, 0.25) is 0 Å². The second-order valence-electron chi connectivity index (χ2n) is 5.06. The van der Waals surface area contributed by atoms with Crippen molar-refractivity contribution in [3.63, 3.8) is 0 Å². The molecule has 0 rings (SSSR count). The summed E-state index contributed by atoms with van der Waals surface area (Å²) < 4.78 is 0. The smallest absolute Gasteiger partial charge is 0.301 e. The summed E-state index contributed by atoms with van der Waals surface area (Å²) in [7, 11) is 0. The van der Waals surface area contributed by atoms with E-state index >= 15 is 0 Å². The second-order valence-corrected chi connectivity index (χ2v) is 5.06. The molecule has 0 heterocycles. The van der Waals surface area contributed by atoms with E-state index in [0.29, 0.717) is 6.42 Å². The highest BCUT2D eigenvalue weighted by atomic mass is 17.1. The van der Waals surface area contributed by atoms with Gasteiger partial charge in [0.05, 0.1) is 0 Å². The highest BCUT2D eigenvalue weighted by Crippen LogP contribution is 2.08. The van der Waals surface area contributed by atoms with Crippen LogP contribution in [-0.4, -0.2) is 11.2 Å². The van der Waals surface area contributed by atoms with Gasteiger partial charge in [-0.2, -0.15) is 5.26 Å². The largest absolute Gasteiger partial charge is 0.342 e. The van der Waals surface area contributed by atoms with Gasteiger partial charge < -0.3 is 4.89 Å². The number of unbranched alkanes of at least 4 members (excludes halogenated alkanes) is 5. The van der Waals surface area contributed by atoms with Crippen LogP contribution < -0.4 is 0 Å². The number of rotatable bonds is 13. The molecule has 21 heavy (non-hydrogen) atoms. The van der Waals surface area contributed by atoms with Crippen LogP contribution in [0.1, 0.15) is 71.1 Å². The van der Waals surface area contributed by atoms with Gasteiger partial charge in [-0.05, 0) is 38.5 Å². The minimum Gasteiger partial charge on any atom is -0.301 e. The molecular weight excluding hydrogens is 264 g/mol. The highest BCUT2D eigenvalue weighted by Gasteiger charge is 2.00. The molecule has 3 nitrogen and oxygen atoms in total. The molecule has 0 amide bonds. The van der Waals surface area contributed by atoms with Crippen molar-refractivity contribution in [1.29, 1.82) is 0 Å². The van der Waals surface area contributed by atoms with Crippen molar-refractivity contribution in [2.45, 2.75) is 71.1 Å². The third kappa shape index (κ3) is 16.6. The zero-order chi connectivity index (χ0) is 15.6. The third-order valence-corrected chi connectivity index (χ3v) is 3.13. The number of carbonyl (C=O) groups is 1. The van der Waals surface area contributed by atoms with Crippen LogP contribution in [0.25, 0.3) is 0 Å². The van der Waals surface area contributed by atoms with E-state index in [2.05, 4.69) is 48.3 Å². The van der Waals surface area contributed by atoms with E-state index in [1.165, 1.54) is 12.8 Å². The predicted molar refractivity (Wildman–Crippen MR) is 88.0 cm³/mol. The van der Waals surface area contributed by atoms with Crippen molar-refractivity contribution in [1.82, 2.24) is 0 Å². The molecule has 0 fully saturated rings. The first-order valence-electron chi connectivity index (χ1n) is 8.10. The molecule has 0 aliphatic rings. The van der Waals surface area contributed by atoms with E-state index in [1.54, 1.807) is 0 Å². The summed E-state index contributed by atoms with van der Waals surface area (Å²) in [6, 6.07) is 0. The lowest BCUT2D eigenvalue weighted by molar-refractivity contribution is -0.234. The summed E-state index contributed by atoms with van der Waals surface area (Å²) in [5.41, 5.74) is 0. The van der Waals surface area contributed by atoms with Gasteiger partial charge >= 0.3 is 5.97 Å². The zero-order valence-electron chi connectivity index (χ0n) is 13.3. The molecule has 0 atom stereocenters. The monoisotopic (exact) mass is 294 g/mol. The van der Waals surface area contributed by atoms with Crippen LogP contribution in [-0.2, 0) is 9.68 Å². The van der Waals surface area contributed by atoms with Gasteiger partial charge in [0.1, 0.15) is 0 Å². The van der Waals surface area contributed by atoms with Gasteiger partial charge in [-0.3, -0.25) is 0 Å².